The smallest absolute Gasteiger partial charge is 0.332 e. The molecular formula is C14H12ClF3N4OS. The van der Waals surface area contributed by atoms with Gasteiger partial charge < -0.3 is 5.32 Å². The van der Waals surface area contributed by atoms with Crippen LogP contribution in [0.25, 0.3) is 0 Å². The Hall–Kier alpha value is -2.10. The minimum atomic E-state index is -4.61. The van der Waals surface area contributed by atoms with E-state index >= 15 is 0 Å². The molecule has 1 heterocycles. The molecule has 0 unspecified atom stereocenters. The number of halogens is 4. The molecule has 0 saturated carbocycles. The maximum absolute atomic E-state index is 12.8. The van der Waals surface area contributed by atoms with E-state index in [9.17, 15) is 18.0 Å². The number of rotatable bonds is 4. The predicted octanol–water partition coefficient (Wildman–Crippen LogP) is 4.34. The highest BCUT2D eigenvalue weighted by Gasteiger charge is 2.33. The van der Waals surface area contributed by atoms with Gasteiger partial charge in [0.25, 0.3) is 0 Å². The molecule has 128 valence electrons. The van der Waals surface area contributed by atoms with Gasteiger partial charge in [-0.25, -0.2) is 15.6 Å². The Morgan fingerprint density at radius 3 is 2.71 bits per heavy atom. The molecule has 10 heteroatoms. The first-order valence-corrected chi connectivity index (χ1v) is 7.72. The van der Waals surface area contributed by atoms with E-state index < -0.39 is 17.8 Å². The molecule has 2 amide bonds. The lowest BCUT2D eigenvalue weighted by Gasteiger charge is -2.21. The molecule has 0 fully saturated rings. The van der Waals surface area contributed by atoms with Gasteiger partial charge in [0, 0.05) is 4.88 Å². The first-order valence-electron chi connectivity index (χ1n) is 6.46. The highest BCUT2D eigenvalue weighted by Crippen LogP contribution is 2.41. The van der Waals surface area contributed by atoms with E-state index in [1.807, 2.05) is 17.5 Å². The van der Waals surface area contributed by atoms with Crippen LogP contribution in [-0.2, 0) is 12.7 Å². The number of carbonyl (C=O) groups excluding carboxylic acids is 1. The fourth-order valence-electron chi connectivity index (χ4n) is 1.87. The molecule has 0 saturated heterocycles. The van der Waals surface area contributed by atoms with Crippen molar-refractivity contribution in [3.05, 3.63) is 45.1 Å². The summed E-state index contributed by atoms with van der Waals surface area (Å²) in [6.45, 7) is 3.42. The summed E-state index contributed by atoms with van der Waals surface area (Å²) in [6.07, 6.45) is -4.61. The van der Waals surface area contributed by atoms with Crippen LogP contribution in [0, 0.1) is 0 Å². The Morgan fingerprint density at radius 1 is 1.46 bits per heavy atom. The predicted molar refractivity (Wildman–Crippen MR) is 88.9 cm³/mol. The van der Waals surface area contributed by atoms with Crippen LogP contribution >= 0.6 is 22.9 Å². The van der Waals surface area contributed by atoms with Gasteiger partial charge in [-0.3, -0.25) is 4.99 Å². The first kappa shape index (κ1) is 18.2. The second-order valence-electron chi connectivity index (χ2n) is 4.59. The van der Waals surface area contributed by atoms with Gasteiger partial charge in [-0.15, -0.1) is 11.3 Å². The van der Waals surface area contributed by atoms with E-state index in [4.69, 9.17) is 17.4 Å². The van der Waals surface area contributed by atoms with Gasteiger partial charge in [0.05, 0.1) is 22.8 Å². The standard InChI is InChI=1S/C14H12ClF3N4OS/c1-20-11-6-8(14(16,17)18)5-10(15)12(11)22(19)13(23)21-7-9-3-2-4-24-9/h2-6H,1,7,19H2,(H,21,23). The van der Waals surface area contributed by atoms with E-state index in [0.29, 0.717) is 11.1 Å². The molecule has 2 rings (SSSR count). The van der Waals surface area contributed by atoms with Gasteiger partial charge in [-0.1, -0.05) is 17.7 Å². The van der Waals surface area contributed by atoms with Gasteiger partial charge in [-0.2, -0.15) is 13.2 Å². The number of hydrazine groups is 1. The second kappa shape index (κ2) is 7.20. The van der Waals surface area contributed by atoms with Crippen molar-refractivity contribution in [2.24, 2.45) is 10.8 Å². The van der Waals surface area contributed by atoms with E-state index in [-0.39, 0.29) is 22.9 Å². The number of alkyl halides is 3. The van der Waals surface area contributed by atoms with E-state index in [0.717, 1.165) is 10.9 Å². The molecule has 0 bridgehead atoms. The van der Waals surface area contributed by atoms with Gasteiger partial charge in [0.1, 0.15) is 5.69 Å². The van der Waals surface area contributed by atoms with Crippen molar-refractivity contribution >= 4 is 47.1 Å². The fourth-order valence-corrected chi connectivity index (χ4v) is 2.82. The average molecular weight is 377 g/mol. The highest BCUT2D eigenvalue weighted by atomic mass is 35.5. The van der Waals surface area contributed by atoms with Crippen LogP contribution in [0.5, 0.6) is 0 Å². The molecule has 0 aliphatic rings. The molecule has 0 spiro atoms. The number of aliphatic imine (C=N–C) groups is 1. The summed E-state index contributed by atoms with van der Waals surface area (Å²) in [5.74, 6) is 5.69. The van der Waals surface area contributed by atoms with Crippen LogP contribution in [0.15, 0.2) is 34.6 Å². The number of carbonyl (C=O) groups is 1. The van der Waals surface area contributed by atoms with Crippen molar-refractivity contribution in [2.75, 3.05) is 5.01 Å². The number of amides is 2. The van der Waals surface area contributed by atoms with Crippen LogP contribution in [0.2, 0.25) is 5.02 Å². The molecule has 0 radical (unpaired) electrons. The molecular weight excluding hydrogens is 365 g/mol. The fraction of sp³-hybridized carbons (Fsp3) is 0.143. The lowest BCUT2D eigenvalue weighted by atomic mass is 10.1. The molecule has 2 aromatic rings. The molecule has 5 nitrogen and oxygen atoms in total. The normalized spacial score (nSPS) is 11.2. The number of hydrogen-bond acceptors (Lipinski definition) is 4. The molecule has 1 aromatic heterocycles. The molecule has 0 atom stereocenters. The zero-order valence-corrected chi connectivity index (χ0v) is 13.7. The van der Waals surface area contributed by atoms with Crippen molar-refractivity contribution < 1.29 is 18.0 Å². The third-order valence-corrected chi connectivity index (χ3v) is 4.16. The van der Waals surface area contributed by atoms with Crippen molar-refractivity contribution in [3.63, 3.8) is 0 Å². The minimum absolute atomic E-state index is 0.164. The van der Waals surface area contributed by atoms with Crippen molar-refractivity contribution in [2.45, 2.75) is 12.7 Å². The van der Waals surface area contributed by atoms with Crippen LogP contribution in [0.3, 0.4) is 0 Å². The second-order valence-corrected chi connectivity index (χ2v) is 6.03. The largest absolute Gasteiger partial charge is 0.416 e. The molecule has 0 aliphatic carbocycles. The van der Waals surface area contributed by atoms with Crippen molar-refractivity contribution in [1.82, 2.24) is 5.32 Å². The SMILES string of the molecule is C=Nc1cc(C(F)(F)F)cc(Cl)c1N(N)C(=O)NCc1cccs1. The summed E-state index contributed by atoms with van der Waals surface area (Å²) in [5, 5.41) is 4.63. The lowest BCUT2D eigenvalue weighted by molar-refractivity contribution is -0.137. The number of hydrogen-bond donors (Lipinski definition) is 2. The summed E-state index contributed by atoms with van der Waals surface area (Å²) >= 11 is 7.30. The third-order valence-electron chi connectivity index (χ3n) is 2.99. The quantitative estimate of drug-likeness (QED) is 0.360. The number of nitrogens with one attached hydrogen (secondary N) is 1. The zero-order chi connectivity index (χ0) is 17.9. The van der Waals surface area contributed by atoms with Crippen molar-refractivity contribution in [3.8, 4) is 0 Å². The van der Waals surface area contributed by atoms with Crippen LogP contribution in [0.4, 0.5) is 29.3 Å². The maximum Gasteiger partial charge on any atom is 0.416 e. The number of nitrogens with two attached hydrogens (primary N) is 1. The summed E-state index contributed by atoms with van der Waals surface area (Å²) in [4.78, 5) is 16.5. The van der Waals surface area contributed by atoms with Crippen LogP contribution in [0.1, 0.15) is 10.4 Å². The maximum atomic E-state index is 12.8. The summed E-state index contributed by atoms with van der Waals surface area (Å²) < 4.78 is 38.4. The molecule has 3 N–H and O–H groups in total. The van der Waals surface area contributed by atoms with E-state index in [1.54, 1.807) is 0 Å². The summed E-state index contributed by atoms with van der Waals surface area (Å²) in [6, 6.07) is 4.29. The highest BCUT2D eigenvalue weighted by molar-refractivity contribution is 7.09. The molecule has 1 aromatic carbocycles. The lowest BCUT2D eigenvalue weighted by Crippen LogP contribution is -2.44. The first-order chi connectivity index (χ1) is 11.2. The van der Waals surface area contributed by atoms with Crippen LogP contribution < -0.4 is 16.2 Å². The average Bonchev–Trinajstić information content (AvgIpc) is 3.03. The van der Waals surface area contributed by atoms with Gasteiger partial charge in [-0.05, 0) is 30.3 Å². The monoisotopic (exact) mass is 376 g/mol. The van der Waals surface area contributed by atoms with Gasteiger partial charge >= 0.3 is 12.2 Å². The molecule has 24 heavy (non-hydrogen) atoms. The topological polar surface area (TPSA) is 70.7 Å². The Labute approximate surface area is 144 Å². The number of thiophene rings is 1. The summed E-state index contributed by atoms with van der Waals surface area (Å²) in [7, 11) is 0. The Balaban J connectivity index is 2.26. The van der Waals surface area contributed by atoms with Crippen LogP contribution in [-0.4, -0.2) is 12.7 Å². The number of nitrogens with zero attached hydrogens (tertiary/aromatic N) is 2. The Kier molecular flexibility index (Phi) is 5.47. The number of urea groups is 1. The zero-order valence-electron chi connectivity index (χ0n) is 12.1. The van der Waals surface area contributed by atoms with Crippen molar-refractivity contribution in [1.29, 1.82) is 0 Å². The van der Waals surface area contributed by atoms with E-state index in [2.05, 4.69) is 17.0 Å². The Bertz CT molecular complexity index is 749. The third kappa shape index (κ3) is 4.05. The van der Waals surface area contributed by atoms with Gasteiger partial charge in [0.15, 0.2) is 0 Å². The number of benzene rings is 1. The minimum Gasteiger partial charge on any atom is -0.332 e. The number of anilines is 1. The van der Waals surface area contributed by atoms with Gasteiger partial charge in [0.2, 0.25) is 0 Å². The molecule has 0 aliphatic heterocycles. The summed E-state index contributed by atoms with van der Waals surface area (Å²) in [5.41, 5.74) is -1.42. The van der Waals surface area contributed by atoms with E-state index in [1.165, 1.54) is 11.3 Å². The Morgan fingerprint density at radius 2 is 2.17 bits per heavy atom.